The Morgan fingerprint density at radius 1 is 0.951 bits per heavy atom. The van der Waals surface area contributed by atoms with Crippen LogP contribution in [0.15, 0.2) is 78.9 Å². The number of nitrogens with one attached hydrogen (secondary N) is 1. The highest BCUT2D eigenvalue weighted by atomic mass is 35.5. The normalized spacial score (nSPS) is 19.9. The summed E-state index contributed by atoms with van der Waals surface area (Å²) < 4.78 is 7.53. The molecule has 2 aliphatic rings. The molecule has 1 atom stereocenters. The molecule has 1 aliphatic carbocycles. The molecule has 1 aromatic heterocycles. The van der Waals surface area contributed by atoms with Crippen molar-refractivity contribution >= 4 is 34.3 Å². The van der Waals surface area contributed by atoms with E-state index >= 15 is 0 Å². The smallest absolute Gasteiger partial charge is 0.272 e. The molecule has 0 spiro atoms. The van der Waals surface area contributed by atoms with Gasteiger partial charge < -0.3 is 19.5 Å². The molecule has 7 heteroatoms. The lowest BCUT2D eigenvalue weighted by molar-refractivity contribution is -0.136. The fourth-order valence-electron chi connectivity index (χ4n) is 6.51. The molecule has 0 saturated heterocycles. The molecule has 1 aliphatic heterocycles. The van der Waals surface area contributed by atoms with Crippen LogP contribution in [0.5, 0.6) is 5.75 Å². The number of fused-ring (bicyclic) bond motifs is 3. The molecule has 3 aromatic carbocycles. The maximum absolute atomic E-state index is 14.8. The predicted molar refractivity (Wildman–Crippen MR) is 162 cm³/mol. The van der Waals surface area contributed by atoms with Gasteiger partial charge in [-0.3, -0.25) is 9.59 Å². The zero-order valence-corrected chi connectivity index (χ0v) is 24.2. The van der Waals surface area contributed by atoms with Gasteiger partial charge in [0.25, 0.3) is 11.8 Å². The Hall–Kier alpha value is -3.77. The van der Waals surface area contributed by atoms with Crippen molar-refractivity contribution in [2.24, 2.45) is 0 Å². The highest BCUT2D eigenvalue weighted by Crippen LogP contribution is 2.41. The van der Waals surface area contributed by atoms with E-state index in [0.717, 1.165) is 47.7 Å². The second-order valence-electron chi connectivity index (χ2n) is 11.3. The van der Waals surface area contributed by atoms with Crippen molar-refractivity contribution in [3.8, 4) is 5.75 Å². The molecule has 6 nitrogen and oxygen atoms in total. The van der Waals surface area contributed by atoms with Crippen LogP contribution in [-0.4, -0.2) is 34.4 Å². The minimum atomic E-state index is -1.26. The molecule has 1 N–H and O–H groups in total. The van der Waals surface area contributed by atoms with Gasteiger partial charge in [0.1, 0.15) is 11.4 Å². The molecule has 1 fully saturated rings. The molecule has 2 heterocycles. The first-order chi connectivity index (χ1) is 20.0. The van der Waals surface area contributed by atoms with Crippen LogP contribution in [0.3, 0.4) is 0 Å². The first-order valence-electron chi connectivity index (χ1n) is 14.6. The van der Waals surface area contributed by atoms with Crippen molar-refractivity contribution in [2.45, 2.75) is 69.6 Å². The summed E-state index contributed by atoms with van der Waals surface area (Å²) in [7, 11) is 1.64. The third-order valence-electron chi connectivity index (χ3n) is 8.74. The van der Waals surface area contributed by atoms with Gasteiger partial charge in [-0.05, 0) is 54.3 Å². The van der Waals surface area contributed by atoms with Crippen LogP contribution in [0.4, 0.5) is 0 Å². The fraction of sp³-hybridized carbons (Fsp3) is 0.353. The number of amides is 2. The second-order valence-corrected chi connectivity index (χ2v) is 11.7. The van der Waals surface area contributed by atoms with Gasteiger partial charge in [0.2, 0.25) is 0 Å². The SMILES string of the molecule is COc1ccc2cc3n(c2c1)C[C@@](C(=O)NC1CCCCCCC1)(c1ccccc1)N(Cc1ccc(Cl)cc1)C3=O. The van der Waals surface area contributed by atoms with E-state index in [1.165, 1.54) is 19.3 Å². The molecule has 0 unspecified atom stereocenters. The molecule has 41 heavy (non-hydrogen) atoms. The average Bonchev–Trinajstić information content (AvgIpc) is 3.35. The molecule has 0 radical (unpaired) electrons. The predicted octanol–water partition coefficient (Wildman–Crippen LogP) is 7.08. The summed E-state index contributed by atoms with van der Waals surface area (Å²) in [5.74, 6) is 0.392. The number of rotatable bonds is 6. The van der Waals surface area contributed by atoms with Crippen molar-refractivity contribution in [1.29, 1.82) is 0 Å². The van der Waals surface area contributed by atoms with Gasteiger partial charge >= 0.3 is 0 Å². The zero-order valence-electron chi connectivity index (χ0n) is 23.4. The quantitative estimate of drug-likeness (QED) is 0.270. The fourth-order valence-corrected chi connectivity index (χ4v) is 6.63. The third-order valence-corrected chi connectivity index (χ3v) is 9.00. The molecule has 4 aromatic rings. The number of nitrogens with zero attached hydrogens (tertiary/aromatic N) is 2. The van der Waals surface area contributed by atoms with Crippen LogP contribution in [0, 0.1) is 0 Å². The number of hydrogen-bond acceptors (Lipinski definition) is 3. The number of methoxy groups -OCH3 is 1. The highest BCUT2D eigenvalue weighted by molar-refractivity contribution is 6.30. The Bertz CT molecular complexity index is 1540. The molecular weight excluding hydrogens is 534 g/mol. The summed E-state index contributed by atoms with van der Waals surface area (Å²) in [5.41, 5.74) is 1.88. The number of benzene rings is 3. The van der Waals surface area contributed by atoms with E-state index in [1.54, 1.807) is 12.0 Å². The summed E-state index contributed by atoms with van der Waals surface area (Å²) >= 11 is 6.20. The second kappa shape index (κ2) is 11.6. The van der Waals surface area contributed by atoms with E-state index in [2.05, 4.69) is 5.32 Å². The van der Waals surface area contributed by atoms with Gasteiger partial charge in [-0.1, -0.05) is 86.2 Å². The minimum Gasteiger partial charge on any atom is -0.497 e. The summed E-state index contributed by atoms with van der Waals surface area (Å²) in [4.78, 5) is 31.2. The first kappa shape index (κ1) is 27.4. The van der Waals surface area contributed by atoms with Crippen molar-refractivity contribution in [3.63, 3.8) is 0 Å². The number of carbonyl (C=O) groups excluding carboxylic acids is 2. The highest BCUT2D eigenvalue weighted by Gasteiger charge is 2.52. The van der Waals surface area contributed by atoms with E-state index < -0.39 is 5.54 Å². The van der Waals surface area contributed by atoms with Crippen molar-refractivity contribution in [3.05, 3.63) is 101 Å². The van der Waals surface area contributed by atoms with Gasteiger partial charge in [-0.15, -0.1) is 0 Å². The van der Waals surface area contributed by atoms with E-state index in [0.29, 0.717) is 23.0 Å². The lowest BCUT2D eigenvalue weighted by Gasteiger charge is -2.47. The largest absolute Gasteiger partial charge is 0.497 e. The van der Waals surface area contributed by atoms with Crippen LogP contribution in [-0.2, 0) is 23.4 Å². The maximum Gasteiger partial charge on any atom is 0.272 e. The Labute approximate surface area is 246 Å². The topological polar surface area (TPSA) is 63.6 Å². The molecule has 6 rings (SSSR count). The Balaban J connectivity index is 1.52. The molecule has 1 saturated carbocycles. The molecule has 212 valence electrons. The van der Waals surface area contributed by atoms with Crippen molar-refractivity contribution in [1.82, 2.24) is 14.8 Å². The monoisotopic (exact) mass is 569 g/mol. The number of hydrogen-bond donors (Lipinski definition) is 1. The minimum absolute atomic E-state index is 0.0822. The first-order valence-corrected chi connectivity index (χ1v) is 15.0. The van der Waals surface area contributed by atoms with Crippen LogP contribution >= 0.6 is 11.6 Å². The van der Waals surface area contributed by atoms with E-state index in [4.69, 9.17) is 16.3 Å². The average molecular weight is 570 g/mol. The Morgan fingerprint density at radius 2 is 1.66 bits per heavy atom. The lowest BCUT2D eigenvalue weighted by Crippen LogP contribution is -2.64. The summed E-state index contributed by atoms with van der Waals surface area (Å²) in [5, 5.41) is 5.01. The third kappa shape index (κ3) is 5.21. The van der Waals surface area contributed by atoms with Crippen LogP contribution in [0.25, 0.3) is 10.9 Å². The summed E-state index contributed by atoms with van der Waals surface area (Å²) in [6, 6.07) is 25.1. The van der Waals surface area contributed by atoms with Gasteiger partial charge in [0.15, 0.2) is 5.54 Å². The maximum atomic E-state index is 14.8. The van der Waals surface area contributed by atoms with Gasteiger partial charge in [-0.2, -0.15) is 0 Å². The summed E-state index contributed by atoms with van der Waals surface area (Å²) in [6.45, 7) is 0.564. The van der Waals surface area contributed by atoms with Gasteiger partial charge in [0.05, 0.1) is 19.2 Å². The number of halogens is 1. The number of aromatic nitrogens is 1. The van der Waals surface area contributed by atoms with E-state index in [-0.39, 0.29) is 24.4 Å². The number of ether oxygens (including phenoxy) is 1. The number of carbonyl (C=O) groups is 2. The Morgan fingerprint density at radius 3 is 2.37 bits per heavy atom. The van der Waals surface area contributed by atoms with E-state index in [1.807, 2.05) is 83.4 Å². The van der Waals surface area contributed by atoms with Crippen molar-refractivity contribution < 1.29 is 14.3 Å². The van der Waals surface area contributed by atoms with Crippen LogP contribution < -0.4 is 10.1 Å². The molecule has 0 bridgehead atoms. The molecule has 2 amide bonds. The van der Waals surface area contributed by atoms with E-state index in [9.17, 15) is 9.59 Å². The van der Waals surface area contributed by atoms with Crippen molar-refractivity contribution in [2.75, 3.05) is 7.11 Å². The zero-order chi connectivity index (χ0) is 28.4. The summed E-state index contributed by atoms with van der Waals surface area (Å²) in [6.07, 6.45) is 7.75. The van der Waals surface area contributed by atoms with Gasteiger partial charge in [-0.25, -0.2) is 0 Å². The van der Waals surface area contributed by atoms with Gasteiger partial charge in [0, 0.05) is 29.1 Å². The Kier molecular flexibility index (Phi) is 7.76. The lowest BCUT2D eigenvalue weighted by atomic mass is 9.83. The van der Waals surface area contributed by atoms with Crippen LogP contribution in [0.1, 0.15) is 66.6 Å². The standard InChI is InChI=1S/C34H36ClN3O3/c1-41-29-19-16-25-20-31-32(39)38(22-24-14-17-27(35)18-15-24)34(23-37(31)30(25)21-29,26-10-6-5-7-11-26)33(40)36-28-12-8-3-2-4-9-13-28/h5-7,10-11,14-21,28H,2-4,8-9,12-13,22-23H2,1H3,(H,36,40)/t34-/m0/s1. The molecular formula is C34H36ClN3O3. The van der Waals surface area contributed by atoms with Crippen LogP contribution in [0.2, 0.25) is 5.02 Å².